The summed E-state index contributed by atoms with van der Waals surface area (Å²) in [6, 6.07) is 12.1. The largest absolute Gasteiger partial charge is 0.497 e. The molecule has 1 atom stereocenters. The molecular formula is C25H32N4O7S. The summed E-state index contributed by atoms with van der Waals surface area (Å²) in [6.07, 6.45) is 1.38. The van der Waals surface area contributed by atoms with Crippen LogP contribution in [0.2, 0.25) is 0 Å². The van der Waals surface area contributed by atoms with Crippen LogP contribution in [0, 0.1) is 0 Å². The highest BCUT2D eigenvalue weighted by Gasteiger charge is 2.42. The summed E-state index contributed by atoms with van der Waals surface area (Å²) in [5, 5.41) is 14.2. The molecule has 0 bridgehead atoms. The maximum absolute atomic E-state index is 13.2. The summed E-state index contributed by atoms with van der Waals surface area (Å²) < 4.78 is 33.4. The number of amides is 3. The highest BCUT2D eigenvalue weighted by atomic mass is 32.2. The molecule has 3 amide bonds. The first-order valence-electron chi connectivity index (χ1n) is 12.0. The predicted octanol–water partition coefficient (Wildman–Crippen LogP) is 2.27. The van der Waals surface area contributed by atoms with Gasteiger partial charge in [0.05, 0.1) is 19.3 Å². The van der Waals surface area contributed by atoms with Crippen molar-refractivity contribution in [3.05, 3.63) is 59.7 Å². The van der Waals surface area contributed by atoms with Crippen LogP contribution in [0.1, 0.15) is 37.3 Å². The number of ether oxygens (including phenoxy) is 1. The van der Waals surface area contributed by atoms with Crippen molar-refractivity contribution in [2.45, 2.75) is 45.2 Å². The van der Waals surface area contributed by atoms with Gasteiger partial charge in [0.2, 0.25) is 5.91 Å². The minimum Gasteiger partial charge on any atom is -0.497 e. The molecule has 1 heterocycles. The molecule has 1 saturated heterocycles. The Morgan fingerprint density at radius 2 is 1.84 bits per heavy atom. The maximum atomic E-state index is 13.2. The van der Waals surface area contributed by atoms with Gasteiger partial charge in [0, 0.05) is 13.0 Å². The van der Waals surface area contributed by atoms with Gasteiger partial charge in [-0.25, -0.2) is 13.4 Å². The molecule has 0 spiro atoms. The number of methoxy groups -OCH3 is 1. The number of anilines is 1. The fraction of sp³-hybridized carbons (Fsp3) is 0.400. The van der Waals surface area contributed by atoms with Gasteiger partial charge < -0.3 is 20.5 Å². The molecule has 11 nitrogen and oxygen atoms in total. The van der Waals surface area contributed by atoms with Crippen LogP contribution in [0.4, 0.5) is 10.5 Å². The third kappa shape index (κ3) is 7.13. The first-order chi connectivity index (χ1) is 17.6. The van der Waals surface area contributed by atoms with E-state index in [0.717, 1.165) is 27.9 Å². The van der Waals surface area contributed by atoms with E-state index < -0.39 is 34.2 Å². The number of benzene rings is 2. The molecule has 0 radical (unpaired) electrons. The Morgan fingerprint density at radius 3 is 2.49 bits per heavy atom. The quantitative estimate of drug-likeness (QED) is 0.356. The van der Waals surface area contributed by atoms with Gasteiger partial charge in [-0.05, 0) is 41.8 Å². The van der Waals surface area contributed by atoms with Crippen molar-refractivity contribution in [1.82, 2.24) is 14.9 Å². The highest BCUT2D eigenvalue weighted by molar-refractivity contribution is 7.91. The van der Waals surface area contributed by atoms with Gasteiger partial charge in [-0.1, -0.05) is 44.0 Å². The number of hydrogen-bond donors (Lipinski definition) is 3. The van der Waals surface area contributed by atoms with Crippen molar-refractivity contribution in [3.8, 4) is 5.75 Å². The van der Waals surface area contributed by atoms with Gasteiger partial charge in [-0.2, -0.15) is 8.42 Å². The first kappa shape index (κ1) is 27.8. The Bertz CT molecular complexity index is 1220. The summed E-state index contributed by atoms with van der Waals surface area (Å²) in [5.41, 5.74) is 1.41. The lowest BCUT2D eigenvalue weighted by Crippen LogP contribution is -2.47. The molecule has 1 aliphatic rings. The van der Waals surface area contributed by atoms with Crippen molar-refractivity contribution in [3.63, 3.8) is 0 Å². The van der Waals surface area contributed by atoms with Crippen LogP contribution in [0.3, 0.4) is 0 Å². The zero-order valence-electron chi connectivity index (χ0n) is 20.8. The first-order valence-corrected chi connectivity index (χ1v) is 13.4. The zero-order valence-corrected chi connectivity index (χ0v) is 21.7. The second kappa shape index (κ2) is 12.4. The minimum atomic E-state index is -4.15. The number of hydrogen-bond acceptors (Lipinski definition) is 6. The van der Waals surface area contributed by atoms with E-state index in [4.69, 9.17) is 4.74 Å². The molecule has 1 fully saturated rings. The molecule has 3 N–H and O–H groups in total. The van der Waals surface area contributed by atoms with E-state index in [9.17, 15) is 27.9 Å². The predicted molar refractivity (Wildman–Crippen MR) is 137 cm³/mol. The smallest absolute Gasteiger partial charge is 0.405 e. The Kier molecular flexibility index (Phi) is 9.34. The molecule has 2 aromatic carbocycles. The number of carbonyl (C=O) groups excluding carboxylic acids is 2. The molecule has 3 rings (SSSR count). The van der Waals surface area contributed by atoms with E-state index in [1.54, 1.807) is 48.5 Å². The Balaban J connectivity index is 1.75. The van der Waals surface area contributed by atoms with Gasteiger partial charge in [0.25, 0.3) is 5.91 Å². The number of rotatable bonds is 12. The third-order valence-electron chi connectivity index (χ3n) is 5.93. The van der Waals surface area contributed by atoms with Crippen molar-refractivity contribution < 1.29 is 32.6 Å². The Hall–Kier alpha value is -3.80. The second-order valence-corrected chi connectivity index (χ2v) is 10.4. The van der Waals surface area contributed by atoms with Crippen LogP contribution in [0.5, 0.6) is 5.75 Å². The SMILES string of the molecule is CCCCCNC(=O)[C@H](Cc1cccc(N2CC(=O)N(Cc3ccc(OC)cc3)S2(=O)=O)c1)NC(=O)O. The van der Waals surface area contributed by atoms with E-state index in [-0.39, 0.29) is 25.2 Å². The molecule has 200 valence electrons. The zero-order chi connectivity index (χ0) is 27.0. The van der Waals surface area contributed by atoms with Crippen LogP contribution >= 0.6 is 0 Å². The molecule has 0 aromatic heterocycles. The van der Waals surface area contributed by atoms with Crippen molar-refractivity contribution in [1.29, 1.82) is 0 Å². The Labute approximate surface area is 216 Å². The lowest BCUT2D eigenvalue weighted by atomic mass is 10.0. The molecule has 0 aliphatic carbocycles. The highest BCUT2D eigenvalue weighted by Crippen LogP contribution is 2.28. The standard InChI is InChI=1S/C25H32N4O7S/c1-3-4-5-13-26-24(31)22(27-25(32)33)15-19-7-6-8-20(14-19)28-17-23(30)29(37(28,34)35)16-18-9-11-21(36-2)12-10-18/h6-12,14,22,27H,3-5,13,15-17H2,1-2H3,(H,26,31)(H,32,33)/t22-/m0/s1. The number of unbranched alkanes of at least 4 members (excludes halogenated alkanes) is 2. The molecule has 12 heteroatoms. The fourth-order valence-electron chi connectivity index (χ4n) is 3.96. The monoisotopic (exact) mass is 532 g/mol. The summed E-state index contributed by atoms with van der Waals surface area (Å²) in [6.45, 7) is 1.99. The lowest BCUT2D eigenvalue weighted by molar-refractivity contribution is -0.124. The number of carboxylic acid groups (broad SMARTS) is 1. The Morgan fingerprint density at radius 1 is 1.11 bits per heavy atom. The van der Waals surface area contributed by atoms with Crippen molar-refractivity contribution >= 4 is 33.8 Å². The molecule has 1 aliphatic heterocycles. The number of nitrogens with one attached hydrogen (secondary N) is 2. The summed E-state index contributed by atoms with van der Waals surface area (Å²) in [7, 11) is -2.62. The van der Waals surface area contributed by atoms with E-state index in [2.05, 4.69) is 10.6 Å². The van der Waals surface area contributed by atoms with Crippen molar-refractivity contribution in [2.24, 2.45) is 0 Å². The number of carbonyl (C=O) groups is 3. The van der Waals surface area contributed by atoms with Crippen LogP contribution in [-0.4, -0.2) is 62.0 Å². The molecule has 0 unspecified atom stereocenters. The fourth-order valence-corrected chi connectivity index (χ4v) is 5.48. The average Bonchev–Trinajstić information content (AvgIpc) is 3.09. The minimum absolute atomic E-state index is 0.0111. The van der Waals surface area contributed by atoms with Crippen LogP contribution in [0.25, 0.3) is 0 Å². The van der Waals surface area contributed by atoms with Crippen molar-refractivity contribution in [2.75, 3.05) is 24.5 Å². The van der Waals surface area contributed by atoms with E-state index >= 15 is 0 Å². The second-order valence-electron chi connectivity index (χ2n) is 8.64. The van der Waals surface area contributed by atoms with Gasteiger partial charge in [0.1, 0.15) is 18.3 Å². The molecule has 2 aromatic rings. The summed E-state index contributed by atoms with van der Waals surface area (Å²) >= 11 is 0. The summed E-state index contributed by atoms with van der Waals surface area (Å²) in [4.78, 5) is 36.5. The van der Waals surface area contributed by atoms with E-state index in [1.165, 1.54) is 7.11 Å². The van der Waals surface area contributed by atoms with Gasteiger partial charge in [-0.3, -0.25) is 9.59 Å². The van der Waals surface area contributed by atoms with Crippen LogP contribution < -0.4 is 19.7 Å². The molecular weight excluding hydrogens is 500 g/mol. The van der Waals surface area contributed by atoms with E-state index in [0.29, 0.717) is 23.4 Å². The average molecular weight is 533 g/mol. The maximum Gasteiger partial charge on any atom is 0.405 e. The molecule has 0 saturated carbocycles. The van der Waals surface area contributed by atoms with Crippen LogP contribution in [0.15, 0.2) is 48.5 Å². The number of nitrogens with zero attached hydrogens (tertiary/aromatic N) is 2. The van der Waals surface area contributed by atoms with Crippen LogP contribution in [-0.2, 0) is 32.8 Å². The van der Waals surface area contributed by atoms with Gasteiger partial charge >= 0.3 is 16.3 Å². The lowest BCUT2D eigenvalue weighted by Gasteiger charge is -2.21. The normalized spacial score (nSPS) is 15.4. The van der Waals surface area contributed by atoms with Gasteiger partial charge in [0.15, 0.2) is 0 Å². The molecule has 37 heavy (non-hydrogen) atoms. The topological polar surface area (TPSA) is 145 Å². The third-order valence-corrected chi connectivity index (χ3v) is 7.72. The van der Waals surface area contributed by atoms with E-state index in [1.807, 2.05) is 6.92 Å². The summed E-state index contributed by atoms with van der Waals surface area (Å²) in [5.74, 6) is -0.417. The van der Waals surface area contributed by atoms with Gasteiger partial charge in [-0.15, -0.1) is 0 Å².